The molecule has 182 valence electrons. The highest BCUT2D eigenvalue weighted by molar-refractivity contribution is 8.00. The first-order chi connectivity index (χ1) is 16.2. The van der Waals surface area contributed by atoms with Gasteiger partial charge in [0, 0.05) is 44.2 Å². The van der Waals surface area contributed by atoms with E-state index in [9.17, 15) is 19.2 Å². The molecule has 0 unspecified atom stereocenters. The Labute approximate surface area is 200 Å². The van der Waals surface area contributed by atoms with E-state index in [4.69, 9.17) is 23.7 Å². The van der Waals surface area contributed by atoms with Crippen molar-refractivity contribution in [3.63, 3.8) is 0 Å². The summed E-state index contributed by atoms with van der Waals surface area (Å²) in [5, 5.41) is 0.887. The summed E-state index contributed by atoms with van der Waals surface area (Å²) in [7, 11) is 0. The van der Waals surface area contributed by atoms with Gasteiger partial charge in [-0.25, -0.2) is 0 Å². The Balaban J connectivity index is 2.03. The van der Waals surface area contributed by atoms with Crippen molar-refractivity contribution >= 4 is 46.5 Å². The third kappa shape index (κ3) is 6.45. The molecule has 34 heavy (non-hydrogen) atoms. The molecule has 10 nitrogen and oxygen atoms in total. The van der Waals surface area contributed by atoms with Gasteiger partial charge in [-0.1, -0.05) is 30.0 Å². The monoisotopic (exact) mass is 491 g/mol. The molecule has 1 aromatic heterocycles. The average molecular weight is 492 g/mol. The van der Waals surface area contributed by atoms with Crippen LogP contribution in [0.1, 0.15) is 27.7 Å². The number of pyridine rings is 1. The molecule has 0 radical (unpaired) electrons. The number of fused-ring (bicyclic) bond motifs is 1. The molecule has 0 N–H and O–H groups in total. The van der Waals surface area contributed by atoms with Gasteiger partial charge in [0.25, 0.3) is 0 Å². The molecule has 1 aliphatic heterocycles. The van der Waals surface area contributed by atoms with Crippen LogP contribution < -0.4 is 0 Å². The molecule has 5 atom stereocenters. The van der Waals surface area contributed by atoms with Crippen LogP contribution in [0, 0.1) is 0 Å². The summed E-state index contributed by atoms with van der Waals surface area (Å²) >= 11 is 1.20. The number of thioether (sulfide) groups is 1. The molecular weight excluding hydrogens is 466 g/mol. The van der Waals surface area contributed by atoms with Gasteiger partial charge in [-0.15, -0.1) is 0 Å². The Morgan fingerprint density at radius 2 is 1.47 bits per heavy atom. The number of rotatable bonds is 7. The normalized spacial score (nSPS) is 24.2. The van der Waals surface area contributed by atoms with Gasteiger partial charge < -0.3 is 23.7 Å². The molecule has 1 aliphatic rings. The van der Waals surface area contributed by atoms with E-state index < -0.39 is 53.7 Å². The zero-order chi connectivity index (χ0) is 24.8. The fraction of sp³-hybridized carbons (Fsp3) is 0.435. The first-order valence-electron chi connectivity index (χ1n) is 10.5. The number of carbonyl (C=O) groups is 4. The molecule has 0 aliphatic carbocycles. The highest BCUT2D eigenvalue weighted by Crippen LogP contribution is 2.39. The molecule has 1 aromatic carbocycles. The fourth-order valence-corrected chi connectivity index (χ4v) is 4.81. The molecule has 2 aromatic rings. The Hall–Kier alpha value is -3.18. The standard InChI is InChI=1S/C23H25NO9S/c1-12(25)29-11-17-20(30-13(2)26)21(31-14(3)27)22(32-15(4)28)23(33-17)34-18-9-5-7-16-8-6-10-24-19(16)18/h5-10,17,20-23H,11H2,1-4H3/t17-,20-,21+,22+,23+/m1/s1. The van der Waals surface area contributed by atoms with Crippen LogP contribution in [0.4, 0.5) is 0 Å². The molecule has 0 spiro atoms. The summed E-state index contributed by atoms with van der Waals surface area (Å²) in [6, 6.07) is 9.29. The van der Waals surface area contributed by atoms with Gasteiger partial charge in [0.15, 0.2) is 18.3 Å². The van der Waals surface area contributed by atoms with Crippen LogP contribution in [0.2, 0.25) is 0 Å². The highest BCUT2D eigenvalue weighted by atomic mass is 32.2. The predicted octanol–water partition coefficient (Wildman–Crippen LogP) is 2.41. The third-order valence-electron chi connectivity index (χ3n) is 4.79. The molecule has 0 saturated carbocycles. The minimum absolute atomic E-state index is 0.275. The van der Waals surface area contributed by atoms with Crippen molar-refractivity contribution in [2.24, 2.45) is 0 Å². The van der Waals surface area contributed by atoms with E-state index in [2.05, 4.69) is 4.98 Å². The zero-order valence-corrected chi connectivity index (χ0v) is 19.9. The average Bonchev–Trinajstić information content (AvgIpc) is 2.75. The summed E-state index contributed by atoms with van der Waals surface area (Å²) in [5.41, 5.74) is -0.212. The first kappa shape index (κ1) is 25.4. The van der Waals surface area contributed by atoms with Crippen molar-refractivity contribution < 1.29 is 42.9 Å². The Morgan fingerprint density at radius 1 is 0.853 bits per heavy atom. The summed E-state index contributed by atoms with van der Waals surface area (Å²) in [5.74, 6) is -2.57. The number of ether oxygens (including phenoxy) is 5. The Morgan fingerprint density at radius 3 is 2.12 bits per heavy atom. The van der Waals surface area contributed by atoms with Crippen LogP contribution in [0.3, 0.4) is 0 Å². The van der Waals surface area contributed by atoms with Crippen molar-refractivity contribution in [1.29, 1.82) is 0 Å². The van der Waals surface area contributed by atoms with Crippen molar-refractivity contribution in [2.75, 3.05) is 6.61 Å². The minimum Gasteiger partial charge on any atom is -0.463 e. The van der Waals surface area contributed by atoms with Crippen LogP contribution in [0.25, 0.3) is 10.9 Å². The summed E-state index contributed by atoms with van der Waals surface area (Å²) in [6.45, 7) is 4.52. The lowest BCUT2D eigenvalue weighted by Crippen LogP contribution is -2.61. The molecule has 11 heteroatoms. The smallest absolute Gasteiger partial charge is 0.303 e. The zero-order valence-electron chi connectivity index (χ0n) is 19.1. The number of hydrogen-bond acceptors (Lipinski definition) is 11. The van der Waals surface area contributed by atoms with E-state index in [-0.39, 0.29) is 6.61 Å². The van der Waals surface area contributed by atoms with Gasteiger partial charge in [0.2, 0.25) is 0 Å². The summed E-state index contributed by atoms with van der Waals surface area (Å²) in [4.78, 5) is 52.3. The lowest BCUT2D eigenvalue weighted by atomic mass is 9.99. The molecule has 2 heterocycles. The SMILES string of the molecule is CC(=O)OC[C@H]1O[C@@H](Sc2cccc3cccnc23)[C@@H](OC(C)=O)[C@@H](OC(C)=O)[C@@H]1OC(C)=O. The number of carbonyl (C=O) groups excluding carboxylic acids is 4. The van der Waals surface area contributed by atoms with Crippen LogP contribution in [0.5, 0.6) is 0 Å². The number of para-hydroxylation sites is 1. The van der Waals surface area contributed by atoms with Crippen molar-refractivity contribution in [2.45, 2.75) is 62.4 Å². The largest absolute Gasteiger partial charge is 0.463 e. The van der Waals surface area contributed by atoms with Gasteiger partial charge in [-0.05, 0) is 12.1 Å². The van der Waals surface area contributed by atoms with Crippen molar-refractivity contribution in [3.05, 3.63) is 36.5 Å². The van der Waals surface area contributed by atoms with Crippen LogP contribution in [-0.4, -0.2) is 65.3 Å². The minimum atomic E-state index is -1.21. The number of benzene rings is 1. The summed E-state index contributed by atoms with van der Waals surface area (Å²) in [6.07, 6.45) is -2.88. The van der Waals surface area contributed by atoms with E-state index in [1.807, 2.05) is 30.3 Å². The number of nitrogens with zero attached hydrogens (tertiary/aromatic N) is 1. The Kier molecular flexibility index (Phi) is 8.46. The quantitative estimate of drug-likeness (QED) is 0.418. The second kappa shape index (κ2) is 11.3. The number of esters is 4. The molecule has 0 amide bonds. The van der Waals surface area contributed by atoms with Crippen molar-refractivity contribution in [1.82, 2.24) is 4.98 Å². The topological polar surface area (TPSA) is 127 Å². The lowest BCUT2D eigenvalue weighted by molar-refractivity contribution is -0.237. The second-order valence-electron chi connectivity index (χ2n) is 7.52. The molecular formula is C23H25NO9S. The lowest BCUT2D eigenvalue weighted by Gasteiger charge is -2.44. The maximum absolute atomic E-state index is 12.0. The van der Waals surface area contributed by atoms with Gasteiger partial charge in [0.1, 0.15) is 18.1 Å². The molecule has 0 bridgehead atoms. The maximum Gasteiger partial charge on any atom is 0.303 e. The van der Waals surface area contributed by atoms with E-state index in [1.165, 1.54) is 39.5 Å². The highest BCUT2D eigenvalue weighted by Gasteiger charge is 2.52. The number of hydrogen-bond donors (Lipinski definition) is 0. The van der Waals surface area contributed by atoms with E-state index >= 15 is 0 Å². The molecule has 1 fully saturated rings. The second-order valence-corrected chi connectivity index (χ2v) is 8.66. The van der Waals surface area contributed by atoms with Crippen LogP contribution in [-0.2, 0) is 42.9 Å². The van der Waals surface area contributed by atoms with Crippen LogP contribution >= 0.6 is 11.8 Å². The van der Waals surface area contributed by atoms with Gasteiger partial charge in [-0.3, -0.25) is 24.2 Å². The van der Waals surface area contributed by atoms with E-state index in [0.717, 1.165) is 10.3 Å². The predicted molar refractivity (Wildman–Crippen MR) is 120 cm³/mol. The van der Waals surface area contributed by atoms with Gasteiger partial charge >= 0.3 is 23.9 Å². The van der Waals surface area contributed by atoms with Gasteiger partial charge in [0.05, 0.1) is 5.52 Å². The number of aromatic nitrogens is 1. The fourth-order valence-electron chi connectivity index (χ4n) is 3.58. The maximum atomic E-state index is 12.0. The summed E-state index contributed by atoms with van der Waals surface area (Å²) < 4.78 is 27.6. The third-order valence-corrected chi connectivity index (χ3v) is 5.98. The van der Waals surface area contributed by atoms with Gasteiger partial charge in [-0.2, -0.15) is 0 Å². The van der Waals surface area contributed by atoms with Crippen LogP contribution in [0.15, 0.2) is 41.4 Å². The molecule has 1 saturated heterocycles. The Bertz CT molecular complexity index is 1070. The van der Waals surface area contributed by atoms with Crippen molar-refractivity contribution in [3.8, 4) is 0 Å². The molecule has 3 rings (SSSR count). The first-order valence-corrected chi connectivity index (χ1v) is 11.3. The van der Waals surface area contributed by atoms with E-state index in [1.54, 1.807) is 6.20 Å². The van der Waals surface area contributed by atoms with E-state index in [0.29, 0.717) is 5.52 Å².